The van der Waals surface area contributed by atoms with Crippen LogP contribution in [0.1, 0.15) is 31.4 Å². The van der Waals surface area contributed by atoms with Crippen LogP contribution in [-0.4, -0.2) is 25.2 Å². The van der Waals surface area contributed by atoms with Crippen LogP contribution < -0.4 is 10.1 Å². The Morgan fingerprint density at radius 3 is 2.83 bits per heavy atom. The van der Waals surface area contributed by atoms with Gasteiger partial charge in [-0.1, -0.05) is 19.1 Å². The van der Waals surface area contributed by atoms with E-state index in [0.29, 0.717) is 18.1 Å². The summed E-state index contributed by atoms with van der Waals surface area (Å²) in [4.78, 5) is 0. The highest BCUT2D eigenvalue weighted by atomic mass is 32.2. The lowest BCUT2D eigenvalue weighted by Crippen LogP contribution is -2.24. The molecule has 1 fully saturated rings. The number of rotatable bonds is 7. The molecule has 1 N–H and O–H groups in total. The highest BCUT2D eigenvalue weighted by Gasteiger charge is 2.24. The van der Waals surface area contributed by atoms with Gasteiger partial charge in [0.15, 0.2) is 0 Å². The van der Waals surface area contributed by atoms with Crippen LogP contribution in [0.15, 0.2) is 24.3 Å². The lowest BCUT2D eigenvalue weighted by Gasteiger charge is -2.24. The third-order valence-electron chi connectivity index (χ3n) is 3.35. The molecule has 3 heteroatoms. The number of hydrogen-bond donors (Lipinski definition) is 1. The van der Waals surface area contributed by atoms with Crippen LogP contribution in [0.2, 0.25) is 0 Å². The highest BCUT2D eigenvalue weighted by Crippen LogP contribution is 2.30. The van der Waals surface area contributed by atoms with Crippen molar-refractivity contribution in [1.82, 2.24) is 5.32 Å². The molecule has 1 aromatic carbocycles. The summed E-state index contributed by atoms with van der Waals surface area (Å²) < 4.78 is 5.87. The second-order valence-electron chi connectivity index (χ2n) is 5.09. The number of ether oxygens (including phenoxy) is 1. The molecule has 2 nitrogen and oxygen atoms in total. The predicted molar refractivity (Wildman–Crippen MR) is 79.4 cm³/mol. The van der Waals surface area contributed by atoms with E-state index in [4.69, 9.17) is 4.74 Å². The van der Waals surface area contributed by atoms with Gasteiger partial charge >= 0.3 is 0 Å². The zero-order valence-corrected chi connectivity index (χ0v) is 12.3. The van der Waals surface area contributed by atoms with Gasteiger partial charge < -0.3 is 10.1 Å². The Hall–Kier alpha value is -0.670. The minimum absolute atomic E-state index is 0.403. The minimum Gasteiger partial charge on any atom is -0.490 e. The summed E-state index contributed by atoms with van der Waals surface area (Å²) in [5, 5.41) is 3.43. The maximum absolute atomic E-state index is 5.87. The first-order valence-corrected chi connectivity index (χ1v) is 8.06. The van der Waals surface area contributed by atoms with Crippen molar-refractivity contribution in [3.05, 3.63) is 29.8 Å². The molecule has 0 heterocycles. The molecular weight excluding hydrogens is 242 g/mol. The van der Waals surface area contributed by atoms with E-state index in [1.807, 2.05) is 18.8 Å². The van der Waals surface area contributed by atoms with E-state index in [2.05, 4.69) is 42.8 Å². The molecule has 1 aliphatic rings. The molecule has 1 aliphatic carbocycles. The molecule has 1 saturated carbocycles. The third-order valence-corrected chi connectivity index (χ3v) is 4.21. The van der Waals surface area contributed by atoms with Gasteiger partial charge in [-0.05, 0) is 55.5 Å². The number of benzene rings is 1. The van der Waals surface area contributed by atoms with Crippen molar-refractivity contribution in [1.29, 1.82) is 0 Å². The summed E-state index contributed by atoms with van der Waals surface area (Å²) in [5.41, 5.74) is 1.33. The van der Waals surface area contributed by atoms with Gasteiger partial charge in [0.2, 0.25) is 0 Å². The Bertz CT molecular complexity index is 379. The van der Waals surface area contributed by atoms with Gasteiger partial charge in [-0.2, -0.15) is 11.8 Å². The molecule has 2 rings (SSSR count). The molecule has 0 bridgehead atoms. The van der Waals surface area contributed by atoms with E-state index in [9.17, 15) is 0 Å². The van der Waals surface area contributed by atoms with E-state index in [-0.39, 0.29) is 0 Å². The summed E-state index contributed by atoms with van der Waals surface area (Å²) >= 11 is 1.90. The molecule has 18 heavy (non-hydrogen) atoms. The summed E-state index contributed by atoms with van der Waals surface area (Å²) in [5.74, 6) is 2.80. The van der Waals surface area contributed by atoms with Crippen LogP contribution >= 0.6 is 11.8 Å². The first-order valence-electron chi connectivity index (χ1n) is 6.67. The van der Waals surface area contributed by atoms with Gasteiger partial charge in [0.05, 0.1) is 6.10 Å². The smallest absolute Gasteiger partial charge is 0.120 e. The van der Waals surface area contributed by atoms with Gasteiger partial charge in [-0.3, -0.25) is 0 Å². The zero-order valence-electron chi connectivity index (χ0n) is 11.5. The first-order chi connectivity index (χ1) is 8.74. The van der Waals surface area contributed by atoms with Crippen LogP contribution in [0.5, 0.6) is 5.75 Å². The Balaban J connectivity index is 2.08. The van der Waals surface area contributed by atoms with E-state index in [0.717, 1.165) is 5.75 Å². The summed E-state index contributed by atoms with van der Waals surface area (Å²) in [6, 6.07) is 8.95. The molecule has 0 amide bonds. The lowest BCUT2D eigenvalue weighted by molar-refractivity contribution is 0.302. The average molecular weight is 265 g/mol. The van der Waals surface area contributed by atoms with Crippen molar-refractivity contribution in [3.8, 4) is 5.75 Å². The predicted octanol–water partition coefficient (Wildman–Crippen LogP) is 3.49. The van der Waals surface area contributed by atoms with Gasteiger partial charge in [-0.15, -0.1) is 0 Å². The third kappa shape index (κ3) is 3.66. The van der Waals surface area contributed by atoms with E-state index >= 15 is 0 Å². The lowest BCUT2D eigenvalue weighted by atomic mass is 9.96. The Morgan fingerprint density at radius 2 is 2.22 bits per heavy atom. The van der Waals surface area contributed by atoms with Gasteiger partial charge in [0.1, 0.15) is 5.75 Å². The SMILES string of the molecule is CNC(c1cccc(OC2CC2)c1)C(C)CSC. The number of hydrogen-bond acceptors (Lipinski definition) is 3. The molecule has 0 saturated heterocycles. The Morgan fingerprint density at radius 1 is 1.44 bits per heavy atom. The fourth-order valence-corrected chi connectivity index (χ4v) is 3.02. The van der Waals surface area contributed by atoms with Crippen molar-refractivity contribution in [3.63, 3.8) is 0 Å². The number of thioether (sulfide) groups is 1. The monoisotopic (exact) mass is 265 g/mol. The van der Waals surface area contributed by atoms with E-state index in [1.54, 1.807) is 0 Å². The molecule has 0 aliphatic heterocycles. The summed E-state index contributed by atoms with van der Waals surface area (Å²) in [7, 11) is 2.04. The molecule has 2 atom stereocenters. The molecular formula is C15H23NOS. The van der Waals surface area contributed by atoms with Crippen LogP contribution in [0.3, 0.4) is 0 Å². The summed E-state index contributed by atoms with van der Waals surface area (Å²) in [6.07, 6.45) is 5.05. The maximum atomic E-state index is 5.87. The average Bonchev–Trinajstić information content (AvgIpc) is 3.15. The fourth-order valence-electron chi connectivity index (χ4n) is 2.30. The highest BCUT2D eigenvalue weighted by molar-refractivity contribution is 7.98. The maximum Gasteiger partial charge on any atom is 0.120 e. The Labute approximate surface area is 114 Å². The van der Waals surface area contributed by atoms with E-state index < -0.39 is 0 Å². The molecule has 0 radical (unpaired) electrons. The van der Waals surface area contributed by atoms with E-state index in [1.165, 1.54) is 24.2 Å². The van der Waals surface area contributed by atoms with Crippen molar-refractivity contribution < 1.29 is 4.74 Å². The van der Waals surface area contributed by atoms with Gasteiger partial charge in [0, 0.05) is 6.04 Å². The normalized spacial score (nSPS) is 18.4. The molecule has 100 valence electrons. The second kappa shape index (κ2) is 6.48. The van der Waals surface area contributed by atoms with Crippen LogP contribution in [-0.2, 0) is 0 Å². The fraction of sp³-hybridized carbons (Fsp3) is 0.600. The first kappa shape index (κ1) is 13.8. The van der Waals surface area contributed by atoms with Crippen LogP contribution in [0.4, 0.5) is 0 Å². The molecule has 2 unspecified atom stereocenters. The topological polar surface area (TPSA) is 21.3 Å². The quantitative estimate of drug-likeness (QED) is 0.815. The molecule has 0 spiro atoms. The van der Waals surface area contributed by atoms with Crippen LogP contribution in [0, 0.1) is 5.92 Å². The minimum atomic E-state index is 0.403. The van der Waals surface area contributed by atoms with Crippen molar-refractivity contribution in [2.45, 2.75) is 31.9 Å². The Kier molecular flexibility index (Phi) is 4.95. The standard InChI is InChI=1S/C15H23NOS/c1-11(10-18-3)15(16-2)12-5-4-6-14(9-12)17-13-7-8-13/h4-6,9,11,13,15-16H,7-8,10H2,1-3H3. The van der Waals surface area contributed by atoms with Crippen molar-refractivity contribution in [2.75, 3.05) is 19.1 Å². The zero-order chi connectivity index (χ0) is 13.0. The van der Waals surface area contributed by atoms with Crippen LogP contribution in [0.25, 0.3) is 0 Å². The second-order valence-corrected chi connectivity index (χ2v) is 6.00. The number of nitrogens with one attached hydrogen (secondary N) is 1. The largest absolute Gasteiger partial charge is 0.490 e. The van der Waals surface area contributed by atoms with Gasteiger partial charge in [0.25, 0.3) is 0 Å². The van der Waals surface area contributed by atoms with Crippen molar-refractivity contribution in [2.24, 2.45) is 5.92 Å². The van der Waals surface area contributed by atoms with Gasteiger partial charge in [-0.25, -0.2) is 0 Å². The summed E-state index contributed by atoms with van der Waals surface area (Å²) in [6.45, 7) is 2.30. The molecule has 1 aromatic rings. The molecule has 0 aromatic heterocycles. The van der Waals surface area contributed by atoms with Crippen molar-refractivity contribution >= 4 is 11.8 Å².